The molecule has 0 unspecified atom stereocenters. The molecule has 1 N–H and O–H groups in total. The van der Waals surface area contributed by atoms with Crippen LogP contribution in [0.15, 0.2) is 29.3 Å². The summed E-state index contributed by atoms with van der Waals surface area (Å²) in [6, 6.07) is 7.35. The number of rotatable bonds is 2. The van der Waals surface area contributed by atoms with Crippen molar-refractivity contribution in [2.45, 2.75) is 0 Å². The van der Waals surface area contributed by atoms with Gasteiger partial charge in [-0.25, -0.2) is 4.79 Å². The molecule has 0 atom stereocenters. The Morgan fingerprint density at radius 1 is 1.50 bits per heavy atom. The maximum atomic E-state index is 11.0. The highest BCUT2D eigenvalue weighted by Crippen LogP contribution is 2.12. The summed E-state index contributed by atoms with van der Waals surface area (Å²) in [4.78, 5) is 14.8. The molecule has 0 aliphatic carbocycles. The lowest BCUT2D eigenvalue weighted by molar-refractivity contribution is 0.187. The number of anilines is 1. The number of carbonyl (C=O) groups excluding carboxylic acids is 1. The van der Waals surface area contributed by atoms with Crippen molar-refractivity contribution in [1.29, 1.82) is 0 Å². The summed E-state index contributed by atoms with van der Waals surface area (Å²) < 4.78 is 4.49. The van der Waals surface area contributed by atoms with Crippen molar-refractivity contribution in [3.63, 3.8) is 0 Å². The fraction of sp³-hybridized carbons (Fsp3) is 0.200. The summed E-state index contributed by atoms with van der Waals surface area (Å²) >= 11 is 0. The summed E-state index contributed by atoms with van der Waals surface area (Å²) in [6.07, 6.45) is 1.19. The lowest BCUT2D eigenvalue weighted by atomic mass is 10.2. The van der Waals surface area contributed by atoms with Crippen LogP contribution in [0.2, 0.25) is 0 Å². The zero-order valence-corrected chi connectivity index (χ0v) is 8.15. The van der Waals surface area contributed by atoms with Crippen LogP contribution in [0.1, 0.15) is 5.56 Å². The van der Waals surface area contributed by atoms with Crippen LogP contribution in [0.5, 0.6) is 0 Å². The number of hydrogen-bond acceptors (Lipinski definition) is 3. The number of carbonyl (C=O) groups is 1. The quantitative estimate of drug-likeness (QED) is 0.728. The van der Waals surface area contributed by atoms with E-state index in [1.807, 2.05) is 18.2 Å². The number of methoxy groups -OCH3 is 1. The van der Waals surface area contributed by atoms with Crippen LogP contribution in [-0.4, -0.2) is 26.5 Å². The lowest BCUT2D eigenvalue weighted by Crippen LogP contribution is -2.12. The molecule has 0 aromatic heterocycles. The molecule has 1 aromatic rings. The number of hydrogen-bond donors (Lipinski definition) is 1. The third-order valence-electron chi connectivity index (χ3n) is 1.65. The Bertz CT molecular complexity index is 348. The fourth-order valence-electron chi connectivity index (χ4n) is 1.02. The van der Waals surface area contributed by atoms with Crippen LogP contribution in [0.4, 0.5) is 10.5 Å². The minimum absolute atomic E-state index is 0.484. The minimum atomic E-state index is -0.484. The Morgan fingerprint density at radius 2 is 2.21 bits per heavy atom. The molecule has 74 valence electrons. The van der Waals surface area contributed by atoms with Gasteiger partial charge in [0.15, 0.2) is 0 Å². The largest absolute Gasteiger partial charge is 0.453 e. The fourth-order valence-corrected chi connectivity index (χ4v) is 1.02. The highest BCUT2D eigenvalue weighted by atomic mass is 16.5. The first kappa shape index (κ1) is 10.2. The van der Waals surface area contributed by atoms with E-state index in [1.54, 1.807) is 19.3 Å². The number of benzene rings is 1. The van der Waals surface area contributed by atoms with Crippen molar-refractivity contribution >= 4 is 18.0 Å². The van der Waals surface area contributed by atoms with Crippen LogP contribution in [-0.2, 0) is 4.74 Å². The van der Waals surface area contributed by atoms with E-state index >= 15 is 0 Å². The van der Waals surface area contributed by atoms with Gasteiger partial charge in [0.1, 0.15) is 0 Å². The predicted molar refractivity (Wildman–Crippen MR) is 56.0 cm³/mol. The first-order valence-corrected chi connectivity index (χ1v) is 4.14. The van der Waals surface area contributed by atoms with Gasteiger partial charge in [-0.1, -0.05) is 18.2 Å². The zero-order chi connectivity index (χ0) is 10.4. The van der Waals surface area contributed by atoms with E-state index in [0.717, 1.165) is 5.56 Å². The number of para-hydroxylation sites is 1. The molecular weight excluding hydrogens is 180 g/mol. The minimum Gasteiger partial charge on any atom is -0.453 e. The highest BCUT2D eigenvalue weighted by Gasteiger charge is 2.03. The van der Waals surface area contributed by atoms with Crippen LogP contribution in [0.25, 0.3) is 0 Å². The van der Waals surface area contributed by atoms with Gasteiger partial charge in [0.25, 0.3) is 0 Å². The summed E-state index contributed by atoms with van der Waals surface area (Å²) in [5.41, 5.74) is 1.53. The van der Waals surface area contributed by atoms with Crippen molar-refractivity contribution < 1.29 is 9.53 Å². The number of amides is 1. The SMILES string of the molecule is C/N=C/c1ccccc1NC(=O)OC. The molecule has 0 aliphatic heterocycles. The second-order valence-corrected chi connectivity index (χ2v) is 2.59. The first-order chi connectivity index (χ1) is 6.77. The molecule has 0 spiro atoms. The van der Waals surface area contributed by atoms with E-state index in [9.17, 15) is 4.79 Å². The maximum absolute atomic E-state index is 11.0. The van der Waals surface area contributed by atoms with Gasteiger partial charge in [0.05, 0.1) is 12.8 Å². The number of aliphatic imine (C=N–C) groups is 1. The predicted octanol–water partition coefficient (Wildman–Crippen LogP) is 1.91. The average Bonchev–Trinajstić information content (AvgIpc) is 2.21. The topological polar surface area (TPSA) is 50.7 Å². The van der Waals surface area contributed by atoms with E-state index in [2.05, 4.69) is 15.0 Å². The van der Waals surface area contributed by atoms with E-state index in [-0.39, 0.29) is 0 Å². The van der Waals surface area contributed by atoms with E-state index in [4.69, 9.17) is 0 Å². The summed E-state index contributed by atoms with van der Waals surface area (Å²) in [5.74, 6) is 0. The molecule has 1 rings (SSSR count). The molecule has 1 aromatic carbocycles. The molecule has 0 fully saturated rings. The number of nitrogens with zero attached hydrogens (tertiary/aromatic N) is 1. The Morgan fingerprint density at radius 3 is 2.86 bits per heavy atom. The van der Waals surface area contributed by atoms with E-state index in [1.165, 1.54) is 7.11 Å². The number of ether oxygens (including phenoxy) is 1. The summed E-state index contributed by atoms with van der Waals surface area (Å²) in [5, 5.41) is 2.59. The molecule has 0 radical (unpaired) electrons. The maximum Gasteiger partial charge on any atom is 0.411 e. The molecule has 0 aliphatic rings. The van der Waals surface area contributed by atoms with Crippen molar-refractivity contribution in [2.24, 2.45) is 4.99 Å². The molecule has 0 saturated heterocycles. The van der Waals surface area contributed by atoms with Gasteiger partial charge in [-0.05, 0) is 6.07 Å². The summed E-state index contributed by atoms with van der Waals surface area (Å²) in [6.45, 7) is 0. The molecule has 4 heteroatoms. The molecule has 1 amide bonds. The van der Waals surface area contributed by atoms with Crippen molar-refractivity contribution in [3.8, 4) is 0 Å². The highest BCUT2D eigenvalue weighted by molar-refractivity contribution is 5.94. The smallest absolute Gasteiger partial charge is 0.411 e. The van der Waals surface area contributed by atoms with Crippen LogP contribution < -0.4 is 5.32 Å². The standard InChI is InChI=1S/C10H12N2O2/c1-11-7-8-5-3-4-6-9(8)12-10(13)14-2/h3-7H,1-2H3,(H,12,13)/b11-7+. The van der Waals surface area contributed by atoms with Gasteiger partial charge < -0.3 is 4.74 Å². The Balaban J connectivity index is 2.89. The molecule has 0 heterocycles. The lowest BCUT2D eigenvalue weighted by Gasteiger charge is -2.05. The molecule has 0 bridgehead atoms. The summed E-state index contributed by atoms with van der Waals surface area (Å²) in [7, 11) is 3.00. The Labute approximate surface area is 82.6 Å². The van der Waals surface area contributed by atoms with E-state index in [0.29, 0.717) is 5.69 Å². The zero-order valence-electron chi connectivity index (χ0n) is 8.15. The Kier molecular flexibility index (Phi) is 3.67. The van der Waals surface area contributed by atoms with Crippen LogP contribution in [0, 0.1) is 0 Å². The third-order valence-corrected chi connectivity index (χ3v) is 1.65. The second-order valence-electron chi connectivity index (χ2n) is 2.59. The van der Waals surface area contributed by atoms with Gasteiger partial charge in [-0.2, -0.15) is 0 Å². The first-order valence-electron chi connectivity index (χ1n) is 4.14. The van der Waals surface area contributed by atoms with Gasteiger partial charge in [0, 0.05) is 18.8 Å². The van der Waals surface area contributed by atoms with Gasteiger partial charge >= 0.3 is 6.09 Å². The average molecular weight is 192 g/mol. The molecular formula is C10H12N2O2. The molecule has 14 heavy (non-hydrogen) atoms. The van der Waals surface area contributed by atoms with Crippen LogP contribution >= 0.6 is 0 Å². The third kappa shape index (κ3) is 2.58. The van der Waals surface area contributed by atoms with Crippen LogP contribution in [0.3, 0.4) is 0 Å². The second kappa shape index (κ2) is 5.01. The van der Waals surface area contributed by atoms with Gasteiger partial charge in [-0.3, -0.25) is 10.3 Å². The normalized spacial score (nSPS) is 10.1. The number of nitrogens with one attached hydrogen (secondary N) is 1. The van der Waals surface area contributed by atoms with Crippen molar-refractivity contribution in [3.05, 3.63) is 29.8 Å². The van der Waals surface area contributed by atoms with E-state index < -0.39 is 6.09 Å². The molecule has 0 saturated carbocycles. The van der Waals surface area contributed by atoms with Gasteiger partial charge in [-0.15, -0.1) is 0 Å². The van der Waals surface area contributed by atoms with Gasteiger partial charge in [0.2, 0.25) is 0 Å². The Hall–Kier alpha value is -1.84. The van der Waals surface area contributed by atoms with Crippen molar-refractivity contribution in [1.82, 2.24) is 0 Å². The van der Waals surface area contributed by atoms with Crippen molar-refractivity contribution in [2.75, 3.05) is 19.5 Å². The molecule has 4 nitrogen and oxygen atoms in total. The monoisotopic (exact) mass is 192 g/mol.